The zero-order valence-corrected chi connectivity index (χ0v) is 10.3. The maximum atomic E-state index is 9.05. The Hall–Kier alpha value is -0.760. The van der Waals surface area contributed by atoms with Gasteiger partial charge in [0.15, 0.2) is 0 Å². The standard InChI is InChI=1S/C14H24O2/c1-3-5-14(4-2)16-11-13-8-6-12(10-15)7-9-13/h4-5,12-13,15H,2-3,6-11H2,1H3. The van der Waals surface area contributed by atoms with Crippen molar-refractivity contribution in [2.75, 3.05) is 13.2 Å². The highest BCUT2D eigenvalue weighted by atomic mass is 16.5. The molecule has 2 nitrogen and oxygen atoms in total. The first kappa shape index (κ1) is 13.3. The Labute approximate surface area is 99.0 Å². The van der Waals surface area contributed by atoms with Gasteiger partial charge in [0.25, 0.3) is 0 Å². The first-order valence-corrected chi connectivity index (χ1v) is 6.36. The maximum Gasteiger partial charge on any atom is 0.114 e. The predicted octanol–water partition coefficient (Wildman–Crippen LogP) is 3.28. The fraction of sp³-hybridized carbons (Fsp3) is 0.714. The topological polar surface area (TPSA) is 29.5 Å². The molecule has 0 aromatic rings. The Morgan fingerprint density at radius 1 is 1.31 bits per heavy atom. The zero-order chi connectivity index (χ0) is 11.8. The van der Waals surface area contributed by atoms with Crippen LogP contribution in [0.2, 0.25) is 0 Å². The lowest BCUT2D eigenvalue weighted by Gasteiger charge is -2.27. The van der Waals surface area contributed by atoms with Crippen molar-refractivity contribution < 1.29 is 9.84 Å². The lowest BCUT2D eigenvalue weighted by atomic mass is 9.83. The molecule has 0 aromatic carbocycles. The summed E-state index contributed by atoms with van der Waals surface area (Å²) in [5.74, 6) is 2.09. The van der Waals surface area contributed by atoms with Crippen LogP contribution in [0.3, 0.4) is 0 Å². The number of aliphatic hydroxyl groups excluding tert-OH is 1. The molecule has 1 fully saturated rings. The van der Waals surface area contributed by atoms with Crippen molar-refractivity contribution in [3.8, 4) is 0 Å². The number of allylic oxidation sites excluding steroid dienone is 2. The molecule has 16 heavy (non-hydrogen) atoms. The van der Waals surface area contributed by atoms with Crippen molar-refractivity contribution in [2.45, 2.75) is 39.0 Å². The highest BCUT2D eigenvalue weighted by Crippen LogP contribution is 2.28. The minimum absolute atomic E-state index is 0.348. The van der Waals surface area contributed by atoms with Crippen LogP contribution in [0.5, 0.6) is 0 Å². The first-order valence-electron chi connectivity index (χ1n) is 6.36. The number of rotatable bonds is 6. The van der Waals surface area contributed by atoms with E-state index in [1.807, 2.05) is 0 Å². The normalized spacial score (nSPS) is 26.5. The molecule has 0 bridgehead atoms. The lowest BCUT2D eigenvalue weighted by Crippen LogP contribution is -2.20. The molecule has 0 atom stereocenters. The maximum absolute atomic E-state index is 9.05. The van der Waals surface area contributed by atoms with Crippen LogP contribution < -0.4 is 0 Å². The number of ether oxygens (including phenoxy) is 1. The Morgan fingerprint density at radius 2 is 1.94 bits per heavy atom. The van der Waals surface area contributed by atoms with Gasteiger partial charge in [-0.1, -0.05) is 13.5 Å². The molecular formula is C14H24O2. The molecule has 0 unspecified atom stereocenters. The minimum Gasteiger partial charge on any atom is -0.494 e. The van der Waals surface area contributed by atoms with E-state index in [-0.39, 0.29) is 0 Å². The van der Waals surface area contributed by atoms with Gasteiger partial charge in [-0.05, 0) is 56.1 Å². The van der Waals surface area contributed by atoms with Gasteiger partial charge >= 0.3 is 0 Å². The zero-order valence-electron chi connectivity index (χ0n) is 10.3. The van der Waals surface area contributed by atoms with E-state index < -0.39 is 0 Å². The van der Waals surface area contributed by atoms with Crippen LogP contribution in [-0.4, -0.2) is 18.3 Å². The van der Waals surface area contributed by atoms with Crippen molar-refractivity contribution in [3.05, 3.63) is 24.5 Å². The van der Waals surface area contributed by atoms with Gasteiger partial charge in [-0.25, -0.2) is 0 Å². The van der Waals surface area contributed by atoms with Crippen LogP contribution in [0.15, 0.2) is 24.5 Å². The highest BCUT2D eigenvalue weighted by Gasteiger charge is 2.20. The van der Waals surface area contributed by atoms with Crippen molar-refractivity contribution in [1.82, 2.24) is 0 Å². The quantitative estimate of drug-likeness (QED) is 0.554. The molecule has 2 heteroatoms. The second-order valence-electron chi connectivity index (χ2n) is 4.60. The summed E-state index contributed by atoms with van der Waals surface area (Å²) < 4.78 is 5.72. The third-order valence-corrected chi connectivity index (χ3v) is 3.32. The fourth-order valence-corrected chi connectivity index (χ4v) is 2.20. The molecule has 0 radical (unpaired) electrons. The molecule has 0 aliphatic heterocycles. The van der Waals surface area contributed by atoms with E-state index in [9.17, 15) is 0 Å². The molecule has 0 aromatic heterocycles. The Kier molecular flexibility index (Phi) is 6.24. The van der Waals surface area contributed by atoms with E-state index >= 15 is 0 Å². The average molecular weight is 224 g/mol. The molecule has 1 rings (SSSR count). The molecule has 1 aliphatic rings. The van der Waals surface area contributed by atoms with Crippen molar-refractivity contribution in [1.29, 1.82) is 0 Å². The molecule has 1 aliphatic carbocycles. The van der Waals surface area contributed by atoms with Crippen LogP contribution in [0.25, 0.3) is 0 Å². The largest absolute Gasteiger partial charge is 0.494 e. The molecule has 0 saturated heterocycles. The highest BCUT2D eigenvalue weighted by molar-refractivity contribution is 5.07. The molecule has 0 heterocycles. The summed E-state index contributed by atoms with van der Waals surface area (Å²) in [5.41, 5.74) is 0. The lowest BCUT2D eigenvalue weighted by molar-refractivity contribution is 0.113. The monoisotopic (exact) mass is 224 g/mol. The van der Waals surface area contributed by atoms with E-state index in [4.69, 9.17) is 9.84 Å². The molecule has 0 spiro atoms. The Morgan fingerprint density at radius 3 is 2.44 bits per heavy atom. The van der Waals surface area contributed by atoms with Crippen molar-refractivity contribution in [3.63, 3.8) is 0 Å². The summed E-state index contributed by atoms with van der Waals surface area (Å²) in [6.45, 7) is 6.99. The van der Waals surface area contributed by atoms with E-state index in [1.165, 1.54) is 12.8 Å². The second kappa shape index (κ2) is 7.50. The molecule has 1 N–H and O–H groups in total. The van der Waals surface area contributed by atoms with Gasteiger partial charge in [0.2, 0.25) is 0 Å². The van der Waals surface area contributed by atoms with E-state index in [2.05, 4.69) is 19.6 Å². The summed E-state index contributed by atoms with van der Waals surface area (Å²) in [5, 5.41) is 9.05. The van der Waals surface area contributed by atoms with Crippen LogP contribution >= 0.6 is 0 Å². The van der Waals surface area contributed by atoms with Crippen LogP contribution in [-0.2, 0) is 4.74 Å². The summed E-state index contributed by atoms with van der Waals surface area (Å²) in [7, 11) is 0. The van der Waals surface area contributed by atoms with Crippen LogP contribution in [0, 0.1) is 11.8 Å². The number of hydrogen-bond donors (Lipinski definition) is 1. The first-order chi connectivity index (χ1) is 7.80. The Bertz CT molecular complexity index is 225. The van der Waals surface area contributed by atoms with Gasteiger partial charge in [0, 0.05) is 6.61 Å². The SMILES string of the molecule is C=CC(=CCC)OCC1CCC(CO)CC1. The molecule has 0 amide bonds. The average Bonchev–Trinajstić information content (AvgIpc) is 2.35. The van der Waals surface area contributed by atoms with E-state index in [0.717, 1.165) is 31.6 Å². The van der Waals surface area contributed by atoms with Crippen LogP contribution in [0.1, 0.15) is 39.0 Å². The fourth-order valence-electron chi connectivity index (χ4n) is 2.20. The second-order valence-corrected chi connectivity index (χ2v) is 4.60. The van der Waals surface area contributed by atoms with Gasteiger partial charge in [0.05, 0.1) is 6.61 Å². The van der Waals surface area contributed by atoms with Gasteiger partial charge in [0.1, 0.15) is 5.76 Å². The van der Waals surface area contributed by atoms with Gasteiger partial charge in [-0.15, -0.1) is 0 Å². The summed E-state index contributed by atoms with van der Waals surface area (Å²) in [6, 6.07) is 0. The Balaban J connectivity index is 2.23. The third kappa shape index (κ3) is 4.40. The van der Waals surface area contributed by atoms with Gasteiger partial charge in [-0.2, -0.15) is 0 Å². The van der Waals surface area contributed by atoms with E-state index in [0.29, 0.717) is 18.4 Å². The minimum atomic E-state index is 0.348. The van der Waals surface area contributed by atoms with Crippen molar-refractivity contribution >= 4 is 0 Å². The van der Waals surface area contributed by atoms with E-state index in [1.54, 1.807) is 6.08 Å². The summed E-state index contributed by atoms with van der Waals surface area (Å²) in [6.07, 6.45) is 9.48. The number of hydrogen-bond acceptors (Lipinski definition) is 2. The molecule has 92 valence electrons. The van der Waals surface area contributed by atoms with Gasteiger partial charge < -0.3 is 9.84 Å². The van der Waals surface area contributed by atoms with Crippen molar-refractivity contribution in [2.24, 2.45) is 11.8 Å². The summed E-state index contributed by atoms with van der Waals surface area (Å²) >= 11 is 0. The molecule has 1 saturated carbocycles. The van der Waals surface area contributed by atoms with Gasteiger partial charge in [-0.3, -0.25) is 0 Å². The van der Waals surface area contributed by atoms with Crippen LogP contribution in [0.4, 0.5) is 0 Å². The number of aliphatic hydroxyl groups is 1. The smallest absolute Gasteiger partial charge is 0.114 e. The predicted molar refractivity (Wildman–Crippen MR) is 67.1 cm³/mol. The summed E-state index contributed by atoms with van der Waals surface area (Å²) in [4.78, 5) is 0. The third-order valence-electron chi connectivity index (χ3n) is 3.32. The molecular weight excluding hydrogens is 200 g/mol.